The molecular formula is C25H36N2O4. The molecule has 2 N–H and O–H groups in total. The van der Waals surface area contributed by atoms with Gasteiger partial charge in [0.05, 0.1) is 0 Å². The van der Waals surface area contributed by atoms with Crippen molar-refractivity contribution < 1.29 is 19.5 Å². The molecule has 170 valence electrons. The highest BCUT2D eigenvalue weighted by Crippen LogP contribution is 2.32. The maximum Gasteiger partial charge on any atom is 0.426 e. The molecule has 1 aromatic carbocycles. The summed E-state index contributed by atoms with van der Waals surface area (Å²) in [5, 5.41) is 10.5. The number of hydrazine groups is 1. The number of ketones is 1. The summed E-state index contributed by atoms with van der Waals surface area (Å²) in [6.45, 7) is 0.312. The Balaban J connectivity index is 1.45. The van der Waals surface area contributed by atoms with E-state index in [2.05, 4.69) is 5.43 Å². The molecule has 6 heteroatoms. The van der Waals surface area contributed by atoms with Crippen molar-refractivity contribution in [3.63, 3.8) is 0 Å². The number of nitrogens with one attached hydrogen (secondary N) is 1. The molecule has 0 saturated heterocycles. The number of unbranched alkanes of at least 4 members (excludes halogenated alkanes) is 1. The highest BCUT2D eigenvalue weighted by Gasteiger charge is 2.32. The molecule has 0 spiro atoms. The van der Waals surface area contributed by atoms with E-state index in [0.717, 1.165) is 43.0 Å². The van der Waals surface area contributed by atoms with Crippen LogP contribution in [0.25, 0.3) is 0 Å². The quantitative estimate of drug-likeness (QED) is 0.328. The summed E-state index contributed by atoms with van der Waals surface area (Å²) in [4.78, 5) is 37.2. The van der Waals surface area contributed by atoms with Crippen molar-refractivity contribution in [3.8, 4) is 0 Å². The van der Waals surface area contributed by atoms with Crippen LogP contribution in [-0.2, 0) is 4.79 Å². The molecule has 0 bridgehead atoms. The van der Waals surface area contributed by atoms with Gasteiger partial charge in [-0.1, -0.05) is 81.7 Å². The lowest BCUT2D eigenvalue weighted by molar-refractivity contribution is -0.130. The van der Waals surface area contributed by atoms with E-state index in [1.807, 2.05) is 30.3 Å². The Labute approximate surface area is 185 Å². The molecule has 3 rings (SSSR count). The van der Waals surface area contributed by atoms with E-state index in [1.54, 1.807) is 0 Å². The molecule has 2 saturated carbocycles. The number of rotatable bonds is 8. The van der Waals surface area contributed by atoms with E-state index in [0.29, 0.717) is 24.9 Å². The SMILES string of the molecule is O=C(NN(CCCCC1CCCCC1)C(=O)O)C1CCCC(C(=O)c2ccccc2)C1. The lowest BCUT2D eigenvalue weighted by atomic mass is 9.77. The van der Waals surface area contributed by atoms with Crippen molar-refractivity contribution in [2.75, 3.05) is 6.54 Å². The van der Waals surface area contributed by atoms with Gasteiger partial charge in [0, 0.05) is 23.9 Å². The smallest absolute Gasteiger partial charge is 0.426 e. The maximum absolute atomic E-state index is 12.8. The fourth-order valence-electron chi connectivity index (χ4n) is 5.11. The molecule has 2 unspecified atom stereocenters. The topological polar surface area (TPSA) is 86.7 Å². The number of carbonyl (C=O) groups is 3. The third kappa shape index (κ3) is 7.08. The van der Waals surface area contributed by atoms with E-state index in [4.69, 9.17) is 0 Å². The van der Waals surface area contributed by atoms with Crippen molar-refractivity contribution in [1.82, 2.24) is 10.4 Å². The summed E-state index contributed by atoms with van der Waals surface area (Å²) in [6.07, 6.45) is 11.1. The van der Waals surface area contributed by atoms with Crippen molar-refractivity contribution >= 4 is 17.8 Å². The Morgan fingerprint density at radius 1 is 0.903 bits per heavy atom. The summed E-state index contributed by atoms with van der Waals surface area (Å²) in [5.74, 6) is 0.0789. The number of hydrogen-bond donors (Lipinski definition) is 2. The Bertz CT molecular complexity index is 730. The molecule has 2 fully saturated rings. The highest BCUT2D eigenvalue weighted by atomic mass is 16.4. The Kier molecular flexibility index (Phi) is 8.92. The van der Waals surface area contributed by atoms with Gasteiger partial charge < -0.3 is 5.11 Å². The number of carbonyl (C=O) groups excluding carboxylic acids is 2. The Morgan fingerprint density at radius 2 is 1.61 bits per heavy atom. The molecule has 2 atom stereocenters. The van der Waals surface area contributed by atoms with Crippen LogP contribution >= 0.6 is 0 Å². The van der Waals surface area contributed by atoms with Gasteiger partial charge in [-0.15, -0.1) is 0 Å². The number of hydrogen-bond acceptors (Lipinski definition) is 3. The predicted octanol–water partition coefficient (Wildman–Crippen LogP) is 5.44. The number of carboxylic acid groups (broad SMARTS) is 1. The summed E-state index contributed by atoms with van der Waals surface area (Å²) in [6, 6.07) is 9.19. The van der Waals surface area contributed by atoms with Crippen LogP contribution in [0, 0.1) is 17.8 Å². The number of Topliss-reactive ketones (excluding diaryl/α,β-unsaturated/α-hetero) is 1. The summed E-state index contributed by atoms with van der Waals surface area (Å²) in [5.41, 5.74) is 3.29. The fourth-order valence-corrected chi connectivity index (χ4v) is 5.11. The van der Waals surface area contributed by atoms with Gasteiger partial charge in [0.2, 0.25) is 5.91 Å². The van der Waals surface area contributed by atoms with Crippen molar-refractivity contribution in [1.29, 1.82) is 0 Å². The summed E-state index contributed by atoms with van der Waals surface area (Å²) < 4.78 is 0. The highest BCUT2D eigenvalue weighted by molar-refractivity contribution is 5.98. The number of amides is 2. The zero-order valence-corrected chi connectivity index (χ0v) is 18.4. The molecule has 0 heterocycles. The molecule has 6 nitrogen and oxygen atoms in total. The molecule has 1 aromatic rings. The standard InChI is InChI=1S/C25H36N2O4/c28-23(20-13-5-2-6-14-20)21-15-9-16-22(18-21)24(29)26-27(25(30)31)17-8-7-12-19-10-3-1-4-11-19/h2,5-6,13-14,19,21-22H,1,3-4,7-12,15-18H2,(H,26,29)(H,30,31). The van der Waals surface area contributed by atoms with Gasteiger partial charge in [-0.2, -0.15) is 0 Å². The minimum atomic E-state index is -1.13. The molecular weight excluding hydrogens is 392 g/mol. The van der Waals surface area contributed by atoms with E-state index in [9.17, 15) is 19.5 Å². The average molecular weight is 429 g/mol. The summed E-state index contributed by atoms with van der Waals surface area (Å²) in [7, 11) is 0. The van der Waals surface area contributed by atoms with Gasteiger partial charge in [-0.05, 0) is 31.6 Å². The van der Waals surface area contributed by atoms with Crippen LogP contribution in [-0.4, -0.2) is 34.4 Å². The number of benzene rings is 1. The van der Waals surface area contributed by atoms with E-state index in [1.165, 1.54) is 32.1 Å². The first-order valence-electron chi connectivity index (χ1n) is 11.9. The first-order chi connectivity index (χ1) is 15.0. The van der Waals surface area contributed by atoms with Gasteiger partial charge in [0.25, 0.3) is 0 Å². The lowest BCUT2D eigenvalue weighted by Gasteiger charge is -2.29. The van der Waals surface area contributed by atoms with E-state index in [-0.39, 0.29) is 23.5 Å². The molecule has 2 amide bonds. The average Bonchev–Trinajstić information content (AvgIpc) is 2.81. The van der Waals surface area contributed by atoms with Crippen LogP contribution in [0.1, 0.15) is 87.4 Å². The fraction of sp³-hybridized carbons (Fsp3) is 0.640. The van der Waals surface area contributed by atoms with Gasteiger partial charge in [-0.25, -0.2) is 9.80 Å². The van der Waals surface area contributed by atoms with Crippen molar-refractivity contribution in [3.05, 3.63) is 35.9 Å². The van der Waals surface area contributed by atoms with Crippen molar-refractivity contribution in [2.45, 2.75) is 77.0 Å². The van der Waals surface area contributed by atoms with Gasteiger partial charge in [0.1, 0.15) is 0 Å². The Morgan fingerprint density at radius 3 is 2.32 bits per heavy atom. The van der Waals surface area contributed by atoms with Crippen LogP contribution in [0.2, 0.25) is 0 Å². The van der Waals surface area contributed by atoms with Crippen LogP contribution < -0.4 is 5.43 Å². The van der Waals surface area contributed by atoms with E-state index < -0.39 is 6.09 Å². The second-order valence-electron chi connectivity index (χ2n) is 9.20. The van der Waals surface area contributed by atoms with Gasteiger partial charge >= 0.3 is 6.09 Å². The van der Waals surface area contributed by atoms with Gasteiger partial charge in [-0.3, -0.25) is 15.0 Å². The van der Waals surface area contributed by atoms with Crippen LogP contribution in [0.3, 0.4) is 0 Å². The second-order valence-corrected chi connectivity index (χ2v) is 9.20. The summed E-state index contributed by atoms with van der Waals surface area (Å²) >= 11 is 0. The molecule has 31 heavy (non-hydrogen) atoms. The van der Waals surface area contributed by atoms with Crippen LogP contribution in [0.15, 0.2) is 30.3 Å². The monoisotopic (exact) mass is 428 g/mol. The maximum atomic E-state index is 12.8. The normalized spacial score (nSPS) is 21.9. The first kappa shape index (κ1) is 23.3. The molecule has 2 aliphatic carbocycles. The second kappa shape index (κ2) is 11.9. The van der Waals surface area contributed by atoms with Crippen LogP contribution in [0.4, 0.5) is 4.79 Å². The third-order valence-electron chi connectivity index (χ3n) is 6.92. The molecule has 0 radical (unpaired) electrons. The zero-order chi connectivity index (χ0) is 22.1. The molecule has 2 aliphatic rings. The number of nitrogens with zero attached hydrogens (tertiary/aromatic N) is 1. The predicted molar refractivity (Wildman–Crippen MR) is 120 cm³/mol. The molecule has 0 aromatic heterocycles. The van der Waals surface area contributed by atoms with Crippen molar-refractivity contribution in [2.24, 2.45) is 17.8 Å². The third-order valence-corrected chi connectivity index (χ3v) is 6.92. The Hall–Kier alpha value is -2.37. The molecule has 0 aliphatic heterocycles. The largest absolute Gasteiger partial charge is 0.464 e. The first-order valence-corrected chi connectivity index (χ1v) is 11.9. The van der Waals surface area contributed by atoms with Crippen LogP contribution in [0.5, 0.6) is 0 Å². The van der Waals surface area contributed by atoms with E-state index >= 15 is 0 Å². The minimum Gasteiger partial charge on any atom is -0.464 e. The van der Waals surface area contributed by atoms with Gasteiger partial charge in [0.15, 0.2) is 5.78 Å². The zero-order valence-electron chi connectivity index (χ0n) is 18.4. The minimum absolute atomic E-state index is 0.0795. The lowest BCUT2D eigenvalue weighted by Crippen LogP contribution is -2.49.